The van der Waals surface area contributed by atoms with Crippen LogP contribution in [0.25, 0.3) is 33.5 Å². The summed E-state index contributed by atoms with van der Waals surface area (Å²) >= 11 is 0. The van der Waals surface area contributed by atoms with Gasteiger partial charge in [-0.3, -0.25) is 5.10 Å². The summed E-state index contributed by atoms with van der Waals surface area (Å²) in [5.41, 5.74) is 3.71. The average Bonchev–Trinajstić information content (AvgIpc) is 3.45. The van der Waals surface area contributed by atoms with E-state index >= 15 is 0 Å². The lowest BCUT2D eigenvalue weighted by Crippen LogP contribution is -2.29. The summed E-state index contributed by atoms with van der Waals surface area (Å²) < 4.78 is 11.1. The minimum absolute atomic E-state index is 0.554. The van der Waals surface area contributed by atoms with Gasteiger partial charge in [0.15, 0.2) is 0 Å². The number of hydrogen-bond acceptors (Lipinski definition) is 7. The van der Waals surface area contributed by atoms with Gasteiger partial charge in [-0.1, -0.05) is 0 Å². The molecule has 0 bridgehead atoms. The Kier molecular flexibility index (Phi) is 4.53. The van der Waals surface area contributed by atoms with Crippen molar-refractivity contribution in [3.63, 3.8) is 0 Å². The second-order valence-electron chi connectivity index (χ2n) is 6.63. The summed E-state index contributed by atoms with van der Waals surface area (Å²) in [4.78, 5) is 2.18. The number of nitrogens with one attached hydrogen (secondary N) is 2. The third-order valence-electron chi connectivity index (χ3n) is 4.81. The molecule has 5 rings (SSSR count). The van der Waals surface area contributed by atoms with Crippen LogP contribution in [0.5, 0.6) is 5.75 Å². The molecule has 0 atom stereocenters. The molecule has 2 N–H and O–H groups in total. The topological polar surface area (TPSA) is 105 Å². The maximum Gasteiger partial charge on any atom is 0.204 e. The fourth-order valence-electron chi connectivity index (χ4n) is 3.28. The van der Waals surface area contributed by atoms with Crippen molar-refractivity contribution in [3.8, 4) is 28.4 Å². The van der Waals surface area contributed by atoms with Crippen molar-refractivity contribution in [1.29, 1.82) is 0 Å². The van der Waals surface area contributed by atoms with Crippen molar-refractivity contribution in [2.24, 2.45) is 0 Å². The van der Waals surface area contributed by atoms with Gasteiger partial charge in [-0.25, -0.2) is 0 Å². The Balaban J connectivity index is 1.31. The van der Waals surface area contributed by atoms with Crippen LogP contribution in [-0.4, -0.2) is 62.0 Å². The molecular formula is C20H19N7O2. The van der Waals surface area contributed by atoms with E-state index < -0.39 is 0 Å². The lowest BCUT2D eigenvalue weighted by molar-refractivity contribution is 0.158. The molecule has 0 fully saturated rings. The van der Waals surface area contributed by atoms with E-state index in [0.29, 0.717) is 12.4 Å². The molecule has 0 radical (unpaired) electrons. The number of ether oxygens (including phenoxy) is 2. The monoisotopic (exact) mass is 389 g/mol. The Morgan fingerprint density at radius 1 is 1.07 bits per heavy atom. The maximum atomic E-state index is 5.87. The van der Waals surface area contributed by atoms with Gasteiger partial charge in [0.1, 0.15) is 19.0 Å². The lowest BCUT2D eigenvalue weighted by Gasteiger charge is -2.23. The maximum absolute atomic E-state index is 5.87. The van der Waals surface area contributed by atoms with Crippen molar-refractivity contribution in [1.82, 2.24) is 35.7 Å². The number of fused-ring (bicyclic) bond motifs is 1. The van der Waals surface area contributed by atoms with Gasteiger partial charge < -0.3 is 14.4 Å². The van der Waals surface area contributed by atoms with Gasteiger partial charge in [-0.15, -0.1) is 10.2 Å². The Hall–Kier alpha value is -3.88. The Bertz CT molecular complexity index is 1120. The SMILES string of the molecule is C1=CN(CCOc2ccc(-c3n[nH]c4ccc(-c5nn[nH]n5)cc34)cc2)CCO1. The number of hydrogen-bond donors (Lipinski definition) is 2. The molecular weight excluding hydrogens is 370 g/mol. The number of nitrogens with zero attached hydrogens (tertiary/aromatic N) is 5. The zero-order valence-electron chi connectivity index (χ0n) is 15.6. The van der Waals surface area contributed by atoms with Crippen molar-refractivity contribution in [2.45, 2.75) is 0 Å². The van der Waals surface area contributed by atoms with Crippen LogP contribution in [0.4, 0.5) is 0 Å². The van der Waals surface area contributed by atoms with Crippen LogP contribution in [0.3, 0.4) is 0 Å². The van der Waals surface area contributed by atoms with Gasteiger partial charge in [0.25, 0.3) is 0 Å². The van der Waals surface area contributed by atoms with Gasteiger partial charge in [0.05, 0.1) is 30.6 Å². The van der Waals surface area contributed by atoms with E-state index in [9.17, 15) is 0 Å². The molecule has 0 spiro atoms. The van der Waals surface area contributed by atoms with Gasteiger partial charge in [0, 0.05) is 22.7 Å². The second-order valence-corrected chi connectivity index (χ2v) is 6.63. The minimum Gasteiger partial charge on any atom is -0.498 e. The molecule has 9 nitrogen and oxygen atoms in total. The van der Waals surface area contributed by atoms with Crippen LogP contribution in [0, 0.1) is 0 Å². The first-order valence-electron chi connectivity index (χ1n) is 9.34. The Morgan fingerprint density at radius 3 is 2.76 bits per heavy atom. The summed E-state index contributed by atoms with van der Waals surface area (Å²) in [5.74, 6) is 1.39. The van der Waals surface area contributed by atoms with Crippen LogP contribution in [0.1, 0.15) is 0 Å². The highest BCUT2D eigenvalue weighted by atomic mass is 16.5. The first-order valence-corrected chi connectivity index (χ1v) is 9.34. The smallest absolute Gasteiger partial charge is 0.204 e. The molecule has 4 aromatic rings. The van der Waals surface area contributed by atoms with Crippen LogP contribution < -0.4 is 4.74 Å². The van der Waals surface area contributed by atoms with Crippen molar-refractivity contribution >= 4 is 10.9 Å². The van der Waals surface area contributed by atoms with Crippen LogP contribution in [0.15, 0.2) is 54.9 Å². The van der Waals surface area contributed by atoms with Gasteiger partial charge >= 0.3 is 0 Å². The van der Waals surface area contributed by atoms with Crippen LogP contribution in [-0.2, 0) is 4.74 Å². The first-order chi connectivity index (χ1) is 14.4. The summed E-state index contributed by atoms with van der Waals surface area (Å²) in [5, 5.41) is 22.8. The van der Waals surface area contributed by atoms with E-state index in [4.69, 9.17) is 9.47 Å². The van der Waals surface area contributed by atoms with Crippen LogP contribution >= 0.6 is 0 Å². The number of aromatic nitrogens is 6. The van der Waals surface area contributed by atoms with E-state index in [0.717, 1.165) is 53.2 Å². The highest BCUT2D eigenvalue weighted by molar-refractivity contribution is 5.95. The van der Waals surface area contributed by atoms with Crippen molar-refractivity contribution < 1.29 is 9.47 Å². The molecule has 0 saturated carbocycles. The van der Waals surface area contributed by atoms with E-state index in [1.54, 1.807) is 6.26 Å². The summed E-state index contributed by atoms with van der Waals surface area (Å²) in [6.07, 6.45) is 3.66. The van der Waals surface area contributed by atoms with Gasteiger partial charge in [0.2, 0.25) is 5.82 Å². The highest BCUT2D eigenvalue weighted by Crippen LogP contribution is 2.30. The normalized spacial score (nSPS) is 13.6. The van der Waals surface area contributed by atoms with E-state index in [-0.39, 0.29) is 0 Å². The molecule has 2 aromatic carbocycles. The number of H-pyrrole nitrogens is 2. The lowest BCUT2D eigenvalue weighted by atomic mass is 10.1. The molecule has 0 unspecified atom stereocenters. The zero-order chi connectivity index (χ0) is 19.5. The Labute approximate surface area is 166 Å². The van der Waals surface area contributed by atoms with Crippen molar-refractivity contribution in [2.75, 3.05) is 26.3 Å². The summed E-state index contributed by atoms with van der Waals surface area (Å²) in [7, 11) is 0. The molecule has 1 aliphatic rings. The third kappa shape index (κ3) is 3.62. The largest absolute Gasteiger partial charge is 0.498 e. The third-order valence-corrected chi connectivity index (χ3v) is 4.81. The van der Waals surface area contributed by atoms with Gasteiger partial charge in [-0.2, -0.15) is 10.3 Å². The number of aromatic amines is 2. The summed E-state index contributed by atoms with van der Waals surface area (Å²) in [6.45, 7) is 3.04. The molecule has 3 heterocycles. The second kappa shape index (κ2) is 7.63. The molecule has 146 valence electrons. The van der Waals surface area contributed by atoms with Gasteiger partial charge in [-0.05, 0) is 47.7 Å². The quantitative estimate of drug-likeness (QED) is 0.522. The molecule has 2 aromatic heterocycles. The number of rotatable bonds is 6. The van der Waals surface area contributed by atoms with Crippen molar-refractivity contribution in [3.05, 3.63) is 54.9 Å². The molecule has 29 heavy (non-hydrogen) atoms. The highest BCUT2D eigenvalue weighted by Gasteiger charge is 2.12. The van der Waals surface area contributed by atoms with Crippen LogP contribution in [0.2, 0.25) is 0 Å². The minimum atomic E-state index is 0.554. The number of benzene rings is 2. The van der Waals surface area contributed by atoms with E-state index in [1.165, 1.54) is 0 Å². The summed E-state index contributed by atoms with van der Waals surface area (Å²) in [6, 6.07) is 13.9. The van der Waals surface area contributed by atoms with E-state index in [2.05, 4.69) is 35.7 Å². The molecule has 0 amide bonds. The standard InChI is InChI=1S/C20H19N7O2/c1-4-16(29-12-9-27-7-10-28-11-8-27)5-2-14(1)19-17-13-15(20-23-25-26-24-20)3-6-18(17)21-22-19/h1-7,10,13H,8-9,11-12H2,(H,21,22)(H,23,24,25,26). The number of tetrazole rings is 1. The molecule has 1 aliphatic heterocycles. The molecule has 0 saturated heterocycles. The van der Waals surface area contributed by atoms with E-state index in [1.807, 2.05) is 48.7 Å². The first kappa shape index (κ1) is 17.2. The average molecular weight is 389 g/mol. The Morgan fingerprint density at radius 2 is 1.97 bits per heavy atom. The molecule has 0 aliphatic carbocycles. The fraction of sp³-hybridized carbons (Fsp3) is 0.200. The molecule has 9 heteroatoms. The zero-order valence-corrected chi connectivity index (χ0v) is 15.6. The predicted octanol–water partition coefficient (Wildman–Crippen LogP) is 2.59. The fourth-order valence-corrected chi connectivity index (χ4v) is 3.28. The predicted molar refractivity (Wildman–Crippen MR) is 107 cm³/mol.